The Bertz CT molecular complexity index is 743. The SMILES string of the molecule is Cc1ccc(N2C(=O)CCC2C(=O)Nc2cccc(F)c2)cc1. The summed E-state index contributed by atoms with van der Waals surface area (Å²) in [5.41, 5.74) is 2.18. The number of nitrogens with zero attached hydrogens (tertiary/aromatic N) is 1. The fraction of sp³-hybridized carbons (Fsp3) is 0.222. The Balaban J connectivity index is 1.81. The highest BCUT2D eigenvalue weighted by Gasteiger charge is 2.37. The minimum Gasteiger partial charge on any atom is -0.324 e. The summed E-state index contributed by atoms with van der Waals surface area (Å²) in [5.74, 6) is -0.795. The molecule has 1 fully saturated rings. The van der Waals surface area contributed by atoms with E-state index in [1.54, 1.807) is 6.07 Å². The topological polar surface area (TPSA) is 49.4 Å². The van der Waals surface area contributed by atoms with Crippen LogP contribution in [-0.2, 0) is 9.59 Å². The van der Waals surface area contributed by atoms with Crippen molar-refractivity contribution in [2.45, 2.75) is 25.8 Å². The molecule has 5 heteroatoms. The fourth-order valence-corrected chi connectivity index (χ4v) is 2.75. The number of halogens is 1. The zero-order valence-corrected chi connectivity index (χ0v) is 12.8. The molecule has 3 rings (SSSR count). The molecule has 1 atom stereocenters. The van der Waals surface area contributed by atoms with E-state index < -0.39 is 11.9 Å². The molecule has 1 aliphatic heterocycles. The zero-order chi connectivity index (χ0) is 16.4. The van der Waals surface area contributed by atoms with Crippen LogP contribution in [0.25, 0.3) is 0 Å². The largest absolute Gasteiger partial charge is 0.324 e. The van der Waals surface area contributed by atoms with E-state index in [1.807, 2.05) is 31.2 Å². The maximum absolute atomic E-state index is 13.2. The second kappa shape index (κ2) is 6.20. The highest BCUT2D eigenvalue weighted by atomic mass is 19.1. The van der Waals surface area contributed by atoms with E-state index in [9.17, 15) is 14.0 Å². The van der Waals surface area contributed by atoms with E-state index in [0.717, 1.165) is 5.56 Å². The lowest BCUT2D eigenvalue weighted by atomic mass is 10.1. The molecule has 1 aliphatic rings. The van der Waals surface area contributed by atoms with Crippen LogP contribution in [0.3, 0.4) is 0 Å². The summed E-state index contributed by atoms with van der Waals surface area (Å²) in [5, 5.41) is 2.68. The van der Waals surface area contributed by atoms with Crippen LogP contribution in [0, 0.1) is 12.7 Å². The summed E-state index contributed by atoms with van der Waals surface area (Å²) in [4.78, 5) is 26.2. The zero-order valence-electron chi connectivity index (χ0n) is 12.8. The summed E-state index contributed by atoms with van der Waals surface area (Å²) in [6, 6.07) is 12.6. The molecule has 2 aromatic carbocycles. The molecule has 1 heterocycles. The van der Waals surface area contributed by atoms with Gasteiger partial charge in [-0.25, -0.2) is 4.39 Å². The lowest BCUT2D eigenvalue weighted by Gasteiger charge is -2.24. The third kappa shape index (κ3) is 3.23. The molecular formula is C18H17FN2O2. The lowest BCUT2D eigenvalue weighted by Crippen LogP contribution is -2.41. The van der Waals surface area contributed by atoms with Crippen LogP contribution >= 0.6 is 0 Å². The molecule has 2 aromatic rings. The van der Waals surface area contributed by atoms with Gasteiger partial charge in [0.05, 0.1) is 0 Å². The number of carbonyl (C=O) groups excluding carboxylic acids is 2. The van der Waals surface area contributed by atoms with Crippen molar-refractivity contribution in [3.63, 3.8) is 0 Å². The Morgan fingerprint density at radius 1 is 1.22 bits per heavy atom. The number of carbonyl (C=O) groups is 2. The molecule has 0 aliphatic carbocycles. The first-order chi connectivity index (χ1) is 11.0. The molecule has 1 unspecified atom stereocenters. The highest BCUT2D eigenvalue weighted by molar-refractivity contribution is 6.07. The van der Waals surface area contributed by atoms with Crippen molar-refractivity contribution >= 4 is 23.2 Å². The summed E-state index contributed by atoms with van der Waals surface area (Å²) in [6.45, 7) is 1.96. The summed E-state index contributed by atoms with van der Waals surface area (Å²) in [6.07, 6.45) is 0.781. The molecule has 1 saturated heterocycles. The average molecular weight is 312 g/mol. The van der Waals surface area contributed by atoms with Crippen LogP contribution in [0.2, 0.25) is 0 Å². The van der Waals surface area contributed by atoms with E-state index in [0.29, 0.717) is 24.2 Å². The third-order valence-electron chi connectivity index (χ3n) is 3.92. The number of nitrogens with one attached hydrogen (secondary N) is 1. The summed E-state index contributed by atoms with van der Waals surface area (Å²) >= 11 is 0. The molecular weight excluding hydrogens is 295 g/mol. The molecule has 4 nitrogen and oxygen atoms in total. The van der Waals surface area contributed by atoms with Crippen LogP contribution < -0.4 is 10.2 Å². The molecule has 0 bridgehead atoms. The van der Waals surface area contributed by atoms with E-state index >= 15 is 0 Å². The van der Waals surface area contributed by atoms with Crippen molar-refractivity contribution in [3.8, 4) is 0 Å². The summed E-state index contributed by atoms with van der Waals surface area (Å²) in [7, 11) is 0. The van der Waals surface area contributed by atoms with Crippen molar-refractivity contribution in [2.75, 3.05) is 10.2 Å². The van der Waals surface area contributed by atoms with Gasteiger partial charge in [0.25, 0.3) is 0 Å². The minimum absolute atomic E-state index is 0.0757. The molecule has 0 saturated carbocycles. The van der Waals surface area contributed by atoms with Crippen LogP contribution in [0.15, 0.2) is 48.5 Å². The van der Waals surface area contributed by atoms with Gasteiger partial charge in [-0.3, -0.25) is 14.5 Å². The van der Waals surface area contributed by atoms with Gasteiger partial charge in [0.15, 0.2) is 0 Å². The minimum atomic E-state index is -0.575. The van der Waals surface area contributed by atoms with Gasteiger partial charge in [0, 0.05) is 17.8 Å². The Labute approximate surface area is 133 Å². The lowest BCUT2D eigenvalue weighted by molar-refractivity contribution is -0.120. The fourth-order valence-electron chi connectivity index (χ4n) is 2.75. The Kier molecular flexibility index (Phi) is 4.10. The number of hydrogen-bond acceptors (Lipinski definition) is 2. The van der Waals surface area contributed by atoms with Crippen LogP contribution in [-0.4, -0.2) is 17.9 Å². The van der Waals surface area contributed by atoms with Gasteiger partial charge >= 0.3 is 0 Å². The normalized spacial score (nSPS) is 17.4. The standard InChI is InChI=1S/C18H17FN2O2/c1-12-5-7-15(8-6-12)21-16(9-10-17(21)22)18(23)20-14-4-2-3-13(19)11-14/h2-8,11,16H,9-10H2,1H3,(H,20,23). The van der Waals surface area contributed by atoms with E-state index in [1.165, 1.54) is 23.1 Å². The number of benzene rings is 2. The molecule has 0 aromatic heterocycles. The van der Waals surface area contributed by atoms with Gasteiger partial charge in [-0.05, 0) is 43.7 Å². The first kappa shape index (κ1) is 15.2. The number of hydrogen-bond donors (Lipinski definition) is 1. The van der Waals surface area contributed by atoms with Gasteiger partial charge in [-0.2, -0.15) is 0 Å². The maximum Gasteiger partial charge on any atom is 0.247 e. The Hall–Kier alpha value is -2.69. The molecule has 1 N–H and O–H groups in total. The van der Waals surface area contributed by atoms with Crippen molar-refractivity contribution in [1.29, 1.82) is 0 Å². The van der Waals surface area contributed by atoms with Crippen LogP contribution in [0.5, 0.6) is 0 Å². The van der Waals surface area contributed by atoms with E-state index in [-0.39, 0.29) is 11.8 Å². The smallest absolute Gasteiger partial charge is 0.247 e. The Morgan fingerprint density at radius 3 is 2.65 bits per heavy atom. The first-order valence-corrected chi connectivity index (χ1v) is 7.50. The Morgan fingerprint density at radius 2 is 1.96 bits per heavy atom. The number of anilines is 2. The van der Waals surface area contributed by atoms with Crippen molar-refractivity contribution in [2.24, 2.45) is 0 Å². The first-order valence-electron chi connectivity index (χ1n) is 7.50. The van der Waals surface area contributed by atoms with Gasteiger partial charge in [0.1, 0.15) is 11.9 Å². The number of rotatable bonds is 3. The number of aryl methyl sites for hydroxylation is 1. The van der Waals surface area contributed by atoms with Crippen molar-refractivity contribution < 1.29 is 14.0 Å². The molecule has 2 amide bonds. The van der Waals surface area contributed by atoms with Crippen molar-refractivity contribution in [3.05, 3.63) is 59.9 Å². The quantitative estimate of drug-likeness (QED) is 0.945. The second-order valence-corrected chi connectivity index (χ2v) is 5.65. The predicted molar refractivity (Wildman–Crippen MR) is 86.7 cm³/mol. The molecule has 118 valence electrons. The van der Waals surface area contributed by atoms with Gasteiger partial charge in [-0.15, -0.1) is 0 Å². The van der Waals surface area contributed by atoms with Gasteiger partial charge < -0.3 is 5.32 Å². The monoisotopic (exact) mass is 312 g/mol. The maximum atomic E-state index is 13.2. The summed E-state index contributed by atoms with van der Waals surface area (Å²) < 4.78 is 13.2. The van der Waals surface area contributed by atoms with Crippen LogP contribution in [0.1, 0.15) is 18.4 Å². The average Bonchev–Trinajstić information content (AvgIpc) is 2.90. The van der Waals surface area contributed by atoms with E-state index in [2.05, 4.69) is 5.32 Å². The molecule has 0 spiro atoms. The number of amides is 2. The predicted octanol–water partition coefficient (Wildman–Crippen LogP) is 3.27. The highest BCUT2D eigenvalue weighted by Crippen LogP contribution is 2.27. The van der Waals surface area contributed by atoms with E-state index in [4.69, 9.17) is 0 Å². The van der Waals surface area contributed by atoms with Gasteiger partial charge in [-0.1, -0.05) is 23.8 Å². The van der Waals surface area contributed by atoms with Crippen LogP contribution in [0.4, 0.5) is 15.8 Å². The van der Waals surface area contributed by atoms with Crippen molar-refractivity contribution in [1.82, 2.24) is 0 Å². The molecule has 23 heavy (non-hydrogen) atoms. The second-order valence-electron chi connectivity index (χ2n) is 5.65. The van der Waals surface area contributed by atoms with Gasteiger partial charge in [0.2, 0.25) is 11.8 Å². The third-order valence-corrected chi connectivity index (χ3v) is 3.92. The molecule has 0 radical (unpaired) electrons.